The zero-order chi connectivity index (χ0) is 25.2. The summed E-state index contributed by atoms with van der Waals surface area (Å²) in [7, 11) is 0. The number of likely N-dealkylation sites (tertiary alicyclic amines) is 1. The lowest BCUT2D eigenvalue weighted by atomic mass is 9.89. The summed E-state index contributed by atoms with van der Waals surface area (Å²) in [4.78, 5) is 38.4. The second-order valence-corrected chi connectivity index (χ2v) is 10.1. The van der Waals surface area contributed by atoms with Gasteiger partial charge in [-0.05, 0) is 61.8 Å². The van der Waals surface area contributed by atoms with E-state index in [2.05, 4.69) is 17.4 Å². The van der Waals surface area contributed by atoms with Crippen LogP contribution in [0.5, 0.6) is 0 Å². The number of nitrogens with zero attached hydrogens (tertiary/aromatic N) is 1. The summed E-state index contributed by atoms with van der Waals surface area (Å²) >= 11 is 0. The molecule has 0 aromatic heterocycles. The topological polar surface area (TPSA) is 105 Å². The van der Waals surface area contributed by atoms with Crippen LogP contribution in [-0.2, 0) is 14.3 Å². The van der Waals surface area contributed by atoms with E-state index in [-0.39, 0.29) is 18.4 Å². The predicted octanol–water partition coefficient (Wildman–Crippen LogP) is 4.63. The third-order valence-corrected chi connectivity index (χ3v) is 6.55. The van der Waals surface area contributed by atoms with E-state index in [4.69, 9.17) is 9.47 Å². The summed E-state index contributed by atoms with van der Waals surface area (Å²) in [5.74, 6) is -1.53. The Bertz CT molecular complexity index is 1060. The highest BCUT2D eigenvalue weighted by atomic mass is 16.6. The number of ether oxygens (including phenoxy) is 2. The lowest BCUT2D eigenvalue weighted by Crippen LogP contribution is -2.51. The minimum Gasteiger partial charge on any atom is -0.480 e. The zero-order valence-corrected chi connectivity index (χ0v) is 20.3. The van der Waals surface area contributed by atoms with Gasteiger partial charge in [-0.1, -0.05) is 48.5 Å². The number of carboxylic acids is 1. The number of carbonyl (C=O) groups excluding carboxylic acids is 2. The smallest absolute Gasteiger partial charge is 0.410 e. The van der Waals surface area contributed by atoms with Crippen molar-refractivity contribution < 1.29 is 29.0 Å². The van der Waals surface area contributed by atoms with Crippen LogP contribution in [0.15, 0.2) is 48.5 Å². The Morgan fingerprint density at radius 1 is 1.00 bits per heavy atom. The van der Waals surface area contributed by atoms with Gasteiger partial charge in [0, 0.05) is 19.0 Å². The monoisotopic (exact) mass is 480 g/mol. The molecule has 0 saturated carbocycles. The SMILES string of the molecule is CC(C)(C)OC(=O)N1CCC([C@H](NC(=O)OCC2c3ccccc3-c3ccccc32)C(=O)O)CC1. The van der Waals surface area contributed by atoms with E-state index in [1.54, 1.807) is 25.7 Å². The number of amides is 2. The van der Waals surface area contributed by atoms with Gasteiger partial charge in [-0.3, -0.25) is 0 Å². The van der Waals surface area contributed by atoms with Gasteiger partial charge < -0.3 is 24.8 Å². The molecule has 1 atom stereocenters. The molecule has 0 unspecified atom stereocenters. The molecule has 1 saturated heterocycles. The second kappa shape index (κ2) is 9.98. The van der Waals surface area contributed by atoms with Crippen LogP contribution in [0.2, 0.25) is 0 Å². The lowest BCUT2D eigenvalue weighted by molar-refractivity contribution is -0.141. The van der Waals surface area contributed by atoms with Crippen LogP contribution in [0.25, 0.3) is 11.1 Å². The number of rotatable bonds is 5. The van der Waals surface area contributed by atoms with Crippen molar-refractivity contribution >= 4 is 18.2 Å². The molecule has 2 aromatic rings. The van der Waals surface area contributed by atoms with Gasteiger partial charge >= 0.3 is 18.2 Å². The van der Waals surface area contributed by atoms with Crippen molar-refractivity contribution in [3.63, 3.8) is 0 Å². The third-order valence-electron chi connectivity index (χ3n) is 6.55. The van der Waals surface area contributed by atoms with E-state index in [9.17, 15) is 19.5 Å². The molecule has 2 amide bonds. The minimum absolute atomic E-state index is 0.103. The van der Waals surface area contributed by atoms with Crippen LogP contribution in [0.3, 0.4) is 0 Å². The van der Waals surface area contributed by atoms with Crippen LogP contribution in [-0.4, -0.2) is 59.5 Å². The Morgan fingerprint density at radius 3 is 2.06 bits per heavy atom. The van der Waals surface area contributed by atoms with Gasteiger partial charge in [-0.25, -0.2) is 14.4 Å². The molecule has 8 heteroatoms. The van der Waals surface area contributed by atoms with Crippen molar-refractivity contribution in [3.05, 3.63) is 59.7 Å². The number of alkyl carbamates (subject to hydrolysis) is 1. The average Bonchev–Trinajstić information content (AvgIpc) is 3.14. The molecule has 1 aliphatic carbocycles. The van der Waals surface area contributed by atoms with Crippen LogP contribution >= 0.6 is 0 Å². The maximum Gasteiger partial charge on any atom is 0.410 e. The predicted molar refractivity (Wildman–Crippen MR) is 130 cm³/mol. The molecule has 4 rings (SSSR count). The quantitative estimate of drug-likeness (QED) is 0.647. The maximum absolute atomic E-state index is 12.6. The average molecular weight is 481 g/mol. The molecular formula is C27H32N2O6. The number of piperidine rings is 1. The van der Waals surface area contributed by atoms with Crippen molar-refractivity contribution in [1.29, 1.82) is 0 Å². The fourth-order valence-electron chi connectivity index (χ4n) is 4.89. The fraction of sp³-hybridized carbons (Fsp3) is 0.444. The number of hydrogen-bond acceptors (Lipinski definition) is 5. The first-order chi connectivity index (χ1) is 16.6. The van der Waals surface area contributed by atoms with Gasteiger partial charge in [0.1, 0.15) is 18.2 Å². The number of fused-ring (bicyclic) bond motifs is 3. The number of aliphatic carboxylic acids is 1. The summed E-state index contributed by atoms with van der Waals surface area (Å²) in [6.45, 7) is 6.26. The molecule has 2 aromatic carbocycles. The molecule has 0 spiro atoms. The van der Waals surface area contributed by atoms with Gasteiger partial charge in [0.15, 0.2) is 0 Å². The number of hydrogen-bond donors (Lipinski definition) is 2. The molecule has 1 heterocycles. The van der Waals surface area contributed by atoms with Crippen LogP contribution < -0.4 is 5.32 Å². The van der Waals surface area contributed by atoms with E-state index in [0.717, 1.165) is 22.3 Å². The molecule has 0 radical (unpaired) electrons. The maximum atomic E-state index is 12.6. The summed E-state index contributed by atoms with van der Waals surface area (Å²) in [6, 6.07) is 15.0. The highest BCUT2D eigenvalue weighted by Crippen LogP contribution is 2.44. The molecule has 1 aliphatic heterocycles. The molecule has 1 fully saturated rings. The van der Waals surface area contributed by atoms with Crippen LogP contribution in [0, 0.1) is 5.92 Å². The molecule has 8 nitrogen and oxygen atoms in total. The van der Waals surface area contributed by atoms with Crippen LogP contribution in [0.1, 0.15) is 50.7 Å². The zero-order valence-electron chi connectivity index (χ0n) is 20.3. The summed E-state index contributed by atoms with van der Waals surface area (Å²) in [6.07, 6.45) is -0.277. The standard InChI is InChI=1S/C27H32N2O6/c1-27(2,3)35-26(33)29-14-12-17(13-15-29)23(24(30)31)28-25(32)34-16-22-20-10-6-4-8-18(20)19-9-5-7-11-21(19)22/h4-11,17,22-23H,12-16H2,1-3H3,(H,28,32)(H,30,31)/t23-/m0/s1. The molecule has 35 heavy (non-hydrogen) atoms. The van der Waals surface area contributed by atoms with E-state index < -0.39 is 29.8 Å². The van der Waals surface area contributed by atoms with E-state index in [1.165, 1.54) is 0 Å². The fourth-order valence-corrected chi connectivity index (χ4v) is 4.89. The molecule has 2 aliphatic rings. The van der Waals surface area contributed by atoms with Crippen molar-refractivity contribution in [1.82, 2.24) is 10.2 Å². The number of carbonyl (C=O) groups is 3. The van der Waals surface area contributed by atoms with Gasteiger partial charge in [0.05, 0.1) is 0 Å². The van der Waals surface area contributed by atoms with Gasteiger partial charge in [-0.15, -0.1) is 0 Å². The summed E-state index contributed by atoms with van der Waals surface area (Å²) in [5.41, 5.74) is 3.83. The Balaban J connectivity index is 1.34. The number of nitrogens with one attached hydrogen (secondary N) is 1. The first kappa shape index (κ1) is 24.6. The molecule has 2 N–H and O–H groups in total. The largest absolute Gasteiger partial charge is 0.480 e. The first-order valence-corrected chi connectivity index (χ1v) is 12.0. The van der Waals surface area contributed by atoms with Gasteiger partial charge in [-0.2, -0.15) is 0 Å². The molecule has 0 bridgehead atoms. The van der Waals surface area contributed by atoms with E-state index in [0.29, 0.717) is 25.9 Å². The molecular weight excluding hydrogens is 448 g/mol. The Kier molecular flexibility index (Phi) is 7.00. The summed E-state index contributed by atoms with van der Waals surface area (Å²) < 4.78 is 10.9. The molecule has 186 valence electrons. The minimum atomic E-state index is -1.12. The van der Waals surface area contributed by atoms with E-state index in [1.807, 2.05) is 36.4 Å². The van der Waals surface area contributed by atoms with Crippen molar-refractivity contribution in [2.45, 2.75) is 51.2 Å². The van der Waals surface area contributed by atoms with Crippen molar-refractivity contribution in [2.24, 2.45) is 5.92 Å². The van der Waals surface area contributed by atoms with Gasteiger partial charge in [0.2, 0.25) is 0 Å². The summed E-state index contributed by atoms with van der Waals surface area (Å²) in [5, 5.41) is 12.3. The normalized spacial score (nSPS) is 16.7. The van der Waals surface area contributed by atoms with Crippen molar-refractivity contribution in [3.8, 4) is 11.1 Å². The van der Waals surface area contributed by atoms with Crippen LogP contribution in [0.4, 0.5) is 9.59 Å². The highest BCUT2D eigenvalue weighted by Gasteiger charge is 2.36. The number of carboxylic acid groups (broad SMARTS) is 1. The Hall–Kier alpha value is -3.55. The van der Waals surface area contributed by atoms with Gasteiger partial charge in [0.25, 0.3) is 0 Å². The van der Waals surface area contributed by atoms with E-state index >= 15 is 0 Å². The highest BCUT2D eigenvalue weighted by molar-refractivity contribution is 5.81. The first-order valence-electron chi connectivity index (χ1n) is 12.0. The lowest BCUT2D eigenvalue weighted by Gasteiger charge is -2.35. The van der Waals surface area contributed by atoms with Crippen molar-refractivity contribution in [2.75, 3.05) is 19.7 Å². The third kappa shape index (κ3) is 5.58. The Morgan fingerprint density at radius 2 is 1.54 bits per heavy atom. The Labute approximate surface area is 205 Å². The second-order valence-electron chi connectivity index (χ2n) is 10.1. The number of benzene rings is 2.